The van der Waals surface area contributed by atoms with Crippen LogP contribution < -0.4 is 0 Å². The van der Waals surface area contributed by atoms with E-state index in [2.05, 4.69) is 16.8 Å². The predicted octanol–water partition coefficient (Wildman–Crippen LogP) is 4.22. The highest BCUT2D eigenvalue weighted by Crippen LogP contribution is 2.31. The number of halogens is 2. The summed E-state index contributed by atoms with van der Waals surface area (Å²) in [7, 11) is 0. The van der Waals surface area contributed by atoms with Gasteiger partial charge in [0.05, 0.1) is 22.2 Å². The first-order valence-electron chi connectivity index (χ1n) is 5.00. The zero-order chi connectivity index (χ0) is 12.1. The van der Waals surface area contributed by atoms with E-state index in [1.54, 1.807) is 18.0 Å². The summed E-state index contributed by atoms with van der Waals surface area (Å²) in [4.78, 5) is 5.31. The molecule has 0 spiro atoms. The Morgan fingerprint density at radius 2 is 2.06 bits per heavy atom. The first-order chi connectivity index (χ1) is 8.33. The summed E-state index contributed by atoms with van der Waals surface area (Å²) in [6.45, 7) is 0. The fourth-order valence-corrected chi connectivity index (χ4v) is 2.56. The van der Waals surface area contributed by atoms with Gasteiger partial charge in [0.25, 0.3) is 0 Å². The minimum absolute atomic E-state index is 0.365. The Morgan fingerprint density at radius 3 is 2.88 bits per heavy atom. The van der Waals surface area contributed by atoms with Crippen LogP contribution in [0.1, 0.15) is 0 Å². The molecule has 0 aliphatic carbocycles. The maximum absolute atomic E-state index is 6.32. The van der Waals surface area contributed by atoms with E-state index in [9.17, 15) is 0 Å². The van der Waals surface area contributed by atoms with Crippen LogP contribution in [0.15, 0.2) is 35.4 Å². The Labute approximate surface area is 115 Å². The largest absolute Gasteiger partial charge is 0.255 e. The second-order valence-electron chi connectivity index (χ2n) is 3.23. The topological polar surface area (TPSA) is 12.9 Å². The van der Waals surface area contributed by atoms with E-state index in [1.165, 1.54) is 0 Å². The molecule has 2 rings (SSSR count). The third kappa shape index (κ3) is 3.07. The number of pyridine rings is 1. The molecule has 0 N–H and O–H groups in total. The third-order valence-corrected chi connectivity index (χ3v) is 3.73. The van der Waals surface area contributed by atoms with Gasteiger partial charge in [-0.2, -0.15) is 0 Å². The van der Waals surface area contributed by atoms with Crippen LogP contribution in [-0.2, 0) is 0 Å². The quantitative estimate of drug-likeness (QED) is 0.464. The van der Waals surface area contributed by atoms with Gasteiger partial charge >= 0.3 is 0 Å². The molecule has 0 bridgehead atoms. The Balaban J connectivity index is 2.26. The van der Waals surface area contributed by atoms with Crippen molar-refractivity contribution in [3.8, 4) is 11.8 Å². The molecule has 86 valence electrons. The maximum Gasteiger partial charge on any atom is 0.0835 e. The van der Waals surface area contributed by atoms with Gasteiger partial charge in [-0.15, -0.1) is 23.4 Å². The minimum Gasteiger partial charge on any atom is -0.255 e. The smallest absolute Gasteiger partial charge is 0.0835 e. The number of fused-ring (bicyclic) bond motifs is 1. The van der Waals surface area contributed by atoms with Crippen molar-refractivity contribution >= 4 is 45.9 Å². The molecule has 0 radical (unpaired) electrons. The standard InChI is InChI=1S/C13H9Cl2NS/c14-7-3-4-8-17-12-9-16-11-6-2-1-5-10(11)13(12)15/h1-2,5-6,9H,7-8H2. The molecule has 0 aliphatic rings. The summed E-state index contributed by atoms with van der Waals surface area (Å²) in [6, 6.07) is 7.82. The zero-order valence-electron chi connectivity index (χ0n) is 8.91. The average Bonchev–Trinajstić information content (AvgIpc) is 2.37. The van der Waals surface area contributed by atoms with Crippen LogP contribution in [0.2, 0.25) is 5.02 Å². The van der Waals surface area contributed by atoms with Gasteiger partial charge in [0.15, 0.2) is 0 Å². The first kappa shape index (κ1) is 12.6. The fraction of sp³-hybridized carbons (Fsp3) is 0.154. The first-order valence-corrected chi connectivity index (χ1v) is 6.90. The summed E-state index contributed by atoms with van der Waals surface area (Å²) >= 11 is 13.4. The number of hydrogen-bond donors (Lipinski definition) is 0. The summed E-state index contributed by atoms with van der Waals surface area (Å²) in [5.41, 5.74) is 0.911. The van der Waals surface area contributed by atoms with Crippen LogP contribution in [0.4, 0.5) is 0 Å². The molecule has 0 saturated heterocycles. The number of rotatable bonds is 2. The molecular formula is C13H9Cl2NS. The molecule has 1 aromatic carbocycles. The van der Waals surface area contributed by atoms with Crippen LogP contribution in [0.5, 0.6) is 0 Å². The van der Waals surface area contributed by atoms with Crippen molar-refractivity contribution in [2.45, 2.75) is 4.90 Å². The van der Waals surface area contributed by atoms with E-state index in [0.29, 0.717) is 11.6 Å². The lowest BCUT2D eigenvalue weighted by atomic mass is 10.2. The fourth-order valence-electron chi connectivity index (χ4n) is 1.40. The van der Waals surface area contributed by atoms with Crippen molar-refractivity contribution in [1.29, 1.82) is 0 Å². The normalized spacial score (nSPS) is 10.0. The molecule has 0 amide bonds. The van der Waals surface area contributed by atoms with Gasteiger partial charge < -0.3 is 0 Å². The van der Waals surface area contributed by atoms with Crippen LogP contribution in [0.3, 0.4) is 0 Å². The molecule has 0 aliphatic heterocycles. The van der Waals surface area contributed by atoms with Crippen molar-refractivity contribution in [3.63, 3.8) is 0 Å². The maximum atomic E-state index is 6.32. The number of alkyl halides is 1. The molecule has 1 nitrogen and oxygen atoms in total. The van der Waals surface area contributed by atoms with E-state index in [-0.39, 0.29) is 0 Å². The highest BCUT2D eigenvalue weighted by atomic mass is 35.5. The van der Waals surface area contributed by atoms with Gasteiger partial charge in [-0.3, -0.25) is 4.98 Å². The van der Waals surface area contributed by atoms with Crippen molar-refractivity contribution < 1.29 is 0 Å². The Bertz CT molecular complexity index is 587. The molecule has 0 fully saturated rings. The Morgan fingerprint density at radius 1 is 1.24 bits per heavy atom. The van der Waals surface area contributed by atoms with Crippen molar-refractivity contribution in [3.05, 3.63) is 35.5 Å². The van der Waals surface area contributed by atoms with Gasteiger partial charge in [-0.25, -0.2) is 0 Å². The molecule has 1 aromatic heterocycles. The van der Waals surface area contributed by atoms with Crippen LogP contribution in [-0.4, -0.2) is 16.6 Å². The average molecular weight is 282 g/mol. The summed E-state index contributed by atoms with van der Waals surface area (Å²) < 4.78 is 0. The van der Waals surface area contributed by atoms with Gasteiger partial charge in [0, 0.05) is 16.5 Å². The van der Waals surface area contributed by atoms with Crippen molar-refractivity contribution in [1.82, 2.24) is 4.98 Å². The van der Waals surface area contributed by atoms with Crippen molar-refractivity contribution in [2.24, 2.45) is 0 Å². The van der Waals surface area contributed by atoms with E-state index in [4.69, 9.17) is 23.2 Å². The highest BCUT2D eigenvalue weighted by Gasteiger charge is 2.05. The van der Waals surface area contributed by atoms with Gasteiger partial charge in [0.1, 0.15) is 0 Å². The summed E-state index contributed by atoms with van der Waals surface area (Å²) in [5, 5.41) is 1.72. The van der Waals surface area contributed by atoms with E-state index in [1.807, 2.05) is 24.3 Å². The molecule has 0 saturated carbocycles. The van der Waals surface area contributed by atoms with Gasteiger partial charge in [0.2, 0.25) is 0 Å². The zero-order valence-corrected chi connectivity index (χ0v) is 11.2. The molecule has 1 heterocycles. The third-order valence-electron chi connectivity index (χ3n) is 2.17. The lowest BCUT2D eigenvalue weighted by Gasteiger charge is -2.04. The second-order valence-corrected chi connectivity index (χ2v) is 4.89. The number of nitrogens with zero attached hydrogens (tertiary/aromatic N) is 1. The number of benzene rings is 1. The Hall–Kier alpha value is -0.880. The monoisotopic (exact) mass is 281 g/mol. The lowest BCUT2D eigenvalue weighted by molar-refractivity contribution is 1.30. The van der Waals surface area contributed by atoms with E-state index in [0.717, 1.165) is 20.8 Å². The number of aromatic nitrogens is 1. The van der Waals surface area contributed by atoms with Crippen molar-refractivity contribution in [2.75, 3.05) is 11.6 Å². The molecule has 0 atom stereocenters. The van der Waals surface area contributed by atoms with Crippen LogP contribution in [0.25, 0.3) is 10.9 Å². The minimum atomic E-state index is 0.365. The molecular weight excluding hydrogens is 273 g/mol. The number of hydrogen-bond acceptors (Lipinski definition) is 2. The molecule has 2 aromatic rings. The second kappa shape index (κ2) is 6.16. The molecule has 0 unspecified atom stereocenters. The van der Waals surface area contributed by atoms with Crippen LogP contribution >= 0.6 is 35.0 Å². The van der Waals surface area contributed by atoms with E-state index >= 15 is 0 Å². The number of thioether (sulfide) groups is 1. The molecule has 17 heavy (non-hydrogen) atoms. The van der Waals surface area contributed by atoms with Gasteiger partial charge in [-0.1, -0.05) is 41.6 Å². The lowest BCUT2D eigenvalue weighted by Crippen LogP contribution is -1.84. The van der Waals surface area contributed by atoms with Crippen LogP contribution in [0, 0.1) is 11.8 Å². The highest BCUT2D eigenvalue weighted by molar-refractivity contribution is 7.99. The summed E-state index contributed by atoms with van der Waals surface area (Å²) in [6.07, 6.45) is 1.79. The van der Waals surface area contributed by atoms with E-state index < -0.39 is 0 Å². The summed E-state index contributed by atoms with van der Waals surface area (Å²) in [5.74, 6) is 6.80. The number of para-hydroxylation sites is 1. The molecule has 4 heteroatoms. The predicted molar refractivity (Wildman–Crippen MR) is 76.0 cm³/mol. The van der Waals surface area contributed by atoms with Gasteiger partial charge in [-0.05, 0) is 6.07 Å². The Kier molecular flexibility index (Phi) is 4.56. The SMILES string of the molecule is ClCC#CCSc1cnc2ccccc2c1Cl.